The van der Waals surface area contributed by atoms with Crippen molar-refractivity contribution in [1.82, 2.24) is 19.3 Å². The minimum atomic E-state index is -0.429. The maximum Gasteiger partial charge on any atom is 0.358 e. The lowest BCUT2D eigenvalue weighted by molar-refractivity contribution is 0.0519. The summed E-state index contributed by atoms with van der Waals surface area (Å²) in [5, 5.41) is 16.9. The van der Waals surface area contributed by atoms with Crippen molar-refractivity contribution >= 4 is 22.7 Å². The summed E-state index contributed by atoms with van der Waals surface area (Å²) in [6.45, 7) is 8.87. The average Bonchev–Trinajstić information content (AvgIpc) is 3.40. The Bertz CT molecular complexity index is 1380. The number of carbonyl (C=O) groups excluding carboxylic acids is 1. The zero-order valence-electron chi connectivity index (χ0n) is 20.1. The van der Waals surface area contributed by atoms with Crippen LogP contribution in [-0.2, 0) is 23.7 Å². The van der Waals surface area contributed by atoms with E-state index < -0.39 is 5.97 Å². The first kappa shape index (κ1) is 23.1. The van der Waals surface area contributed by atoms with Gasteiger partial charge >= 0.3 is 5.97 Å². The maximum absolute atomic E-state index is 12.3. The van der Waals surface area contributed by atoms with E-state index in [2.05, 4.69) is 37.3 Å². The van der Waals surface area contributed by atoms with E-state index in [0.29, 0.717) is 24.4 Å². The van der Waals surface area contributed by atoms with Gasteiger partial charge in [-0.05, 0) is 55.5 Å². The summed E-state index contributed by atoms with van der Waals surface area (Å²) in [7, 11) is 1.98. The molecule has 0 spiro atoms. The van der Waals surface area contributed by atoms with E-state index in [1.165, 1.54) is 0 Å². The van der Waals surface area contributed by atoms with E-state index in [1.807, 2.05) is 41.9 Å². The number of esters is 1. The maximum atomic E-state index is 12.3. The van der Waals surface area contributed by atoms with Crippen LogP contribution < -0.4 is 5.32 Å². The van der Waals surface area contributed by atoms with Crippen LogP contribution in [-0.4, -0.2) is 31.9 Å². The highest BCUT2D eigenvalue weighted by molar-refractivity contribution is 5.87. The van der Waals surface area contributed by atoms with Crippen molar-refractivity contribution in [3.63, 3.8) is 0 Å². The van der Waals surface area contributed by atoms with E-state index in [9.17, 15) is 4.79 Å². The lowest BCUT2D eigenvalue weighted by Crippen LogP contribution is -2.17. The van der Waals surface area contributed by atoms with Crippen molar-refractivity contribution in [1.29, 1.82) is 5.26 Å². The molecule has 8 heteroatoms. The molecular formula is C26H28N6O2. The van der Waals surface area contributed by atoms with Crippen LogP contribution >= 0.6 is 0 Å². The Balaban J connectivity index is 1.66. The van der Waals surface area contributed by atoms with E-state index in [4.69, 9.17) is 15.0 Å². The van der Waals surface area contributed by atoms with Crippen molar-refractivity contribution in [2.75, 3.05) is 11.9 Å². The normalized spacial score (nSPS) is 11.4. The molecule has 0 unspecified atom stereocenters. The molecule has 1 N–H and O–H groups in total. The summed E-state index contributed by atoms with van der Waals surface area (Å²) in [4.78, 5) is 17.1. The molecule has 4 aromatic rings. The van der Waals surface area contributed by atoms with Crippen LogP contribution in [0.4, 0.5) is 5.69 Å². The smallest absolute Gasteiger partial charge is 0.358 e. The quantitative estimate of drug-likeness (QED) is 0.422. The van der Waals surface area contributed by atoms with Gasteiger partial charge in [0.05, 0.1) is 47.2 Å². The number of hydrogen-bond acceptors (Lipinski definition) is 6. The Labute approximate surface area is 198 Å². The molecule has 174 valence electrons. The monoisotopic (exact) mass is 456 g/mol. The predicted octanol–water partition coefficient (Wildman–Crippen LogP) is 4.72. The van der Waals surface area contributed by atoms with Gasteiger partial charge in [-0.25, -0.2) is 14.5 Å². The molecule has 0 fully saturated rings. The number of imidazole rings is 1. The summed E-state index contributed by atoms with van der Waals surface area (Å²) in [6.07, 6.45) is 0. The van der Waals surface area contributed by atoms with Crippen LogP contribution in [0.2, 0.25) is 0 Å². The fourth-order valence-electron chi connectivity index (χ4n) is 3.79. The van der Waals surface area contributed by atoms with Crippen LogP contribution in [0.3, 0.4) is 0 Å². The summed E-state index contributed by atoms with van der Waals surface area (Å²) >= 11 is 0. The molecule has 4 rings (SSSR count). The summed E-state index contributed by atoms with van der Waals surface area (Å²) in [5.74, 6) is 0.446. The summed E-state index contributed by atoms with van der Waals surface area (Å²) < 4.78 is 9.01. The average molecular weight is 457 g/mol. The number of benzene rings is 2. The molecule has 0 atom stereocenters. The lowest BCUT2D eigenvalue weighted by Gasteiger charge is -2.20. The number of nitriles is 1. The van der Waals surface area contributed by atoms with Gasteiger partial charge in [0, 0.05) is 18.2 Å². The Morgan fingerprint density at radius 3 is 2.53 bits per heavy atom. The molecule has 2 heterocycles. The third kappa shape index (κ3) is 4.50. The number of rotatable bonds is 6. The second kappa shape index (κ2) is 9.02. The Kier molecular flexibility index (Phi) is 6.12. The highest BCUT2D eigenvalue weighted by atomic mass is 16.5. The number of aromatic nitrogens is 4. The fourth-order valence-corrected chi connectivity index (χ4v) is 3.79. The van der Waals surface area contributed by atoms with Gasteiger partial charge in [0.15, 0.2) is 5.69 Å². The number of ether oxygens (including phenoxy) is 1. The Morgan fingerprint density at radius 2 is 1.88 bits per heavy atom. The lowest BCUT2D eigenvalue weighted by atomic mass is 9.91. The number of nitrogens with one attached hydrogen (secondary N) is 1. The number of nitrogens with zero attached hydrogens (tertiary/aromatic N) is 5. The molecular weight excluding hydrogens is 428 g/mol. The second-order valence-corrected chi connectivity index (χ2v) is 9.10. The molecule has 8 nitrogen and oxygen atoms in total. The molecule has 0 amide bonds. The number of hydrogen-bond donors (Lipinski definition) is 1. The van der Waals surface area contributed by atoms with E-state index in [0.717, 1.165) is 33.9 Å². The molecule has 2 aromatic carbocycles. The van der Waals surface area contributed by atoms with E-state index >= 15 is 0 Å². The molecule has 0 aliphatic heterocycles. The standard InChI is InChI=1S/C26H28N6O2/c1-6-34-25(33)21-14-23(26(2,3)4)32(30-21)19-11-12-22-20(13-19)29-24(31(22)5)16-28-18-9-7-17(15-27)8-10-18/h7-14,28H,6,16H2,1-5H3. The number of fused-ring (bicyclic) bond motifs is 1. The first-order valence-electron chi connectivity index (χ1n) is 11.2. The minimum absolute atomic E-state index is 0.229. The highest BCUT2D eigenvalue weighted by Gasteiger charge is 2.25. The zero-order chi connectivity index (χ0) is 24.5. The van der Waals surface area contributed by atoms with Crippen LogP contribution in [0.25, 0.3) is 16.7 Å². The Hall–Kier alpha value is -4.12. The van der Waals surface area contributed by atoms with Crippen LogP contribution in [0, 0.1) is 11.3 Å². The zero-order valence-corrected chi connectivity index (χ0v) is 20.1. The van der Waals surface area contributed by atoms with Gasteiger partial charge in [0.2, 0.25) is 0 Å². The van der Waals surface area contributed by atoms with Gasteiger partial charge < -0.3 is 14.6 Å². The van der Waals surface area contributed by atoms with Crippen LogP contribution in [0.15, 0.2) is 48.5 Å². The molecule has 0 bridgehead atoms. The second-order valence-electron chi connectivity index (χ2n) is 9.10. The third-order valence-corrected chi connectivity index (χ3v) is 5.63. The molecule has 0 saturated heterocycles. The minimum Gasteiger partial charge on any atom is -0.461 e. The molecule has 0 saturated carbocycles. The molecule has 2 aromatic heterocycles. The van der Waals surface area contributed by atoms with Crippen LogP contribution in [0.1, 0.15) is 55.3 Å². The Morgan fingerprint density at radius 1 is 1.15 bits per heavy atom. The van der Waals surface area contributed by atoms with Crippen molar-refractivity contribution < 1.29 is 9.53 Å². The van der Waals surface area contributed by atoms with Gasteiger partial charge in [-0.1, -0.05) is 20.8 Å². The molecule has 34 heavy (non-hydrogen) atoms. The van der Waals surface area contributed by atoms with Crippen molar-refractivity contribution in [2.45, 2.75) is 39.7 Å². The number of carbonyl (C=O) groups is 1. The highest BCUT2D eigenvalue weighted by Crippen LogP contribution is 2.28. The fraction of sp³-hybridized carbons (Fsp3) is 0.308. The van der Waals surface area contributed by atoms with Crippen LogP contribution in [0.5, 0.6) is 0 Å². The van der Waals surface area contributed by atoms with Gasteiger partial charge in [-0.15, -0.1) is 0 Å². The van der Waals surface area contributed by atoms with Gasteiger partial charge in [0.25, 0.3) is 0 Å². The third-order valence-electron chi connectivity index (χ3n) is 5.63. The largest absolute Gasteiger partial charge is 0.461 e. The van der Waals surface area contributed by atoms with Gasteiger partial charge in [0.1, 0.15) is 5.82 Å². The van der Waals surface area contributed by atoms with Gasteiger partial charge in [-0.2, -0.15) is 10.4 Å². The van der Waals surface area contributed by atoms with Crippen molar-refractivity contribution in [2.24, 2.45) is 7.05 Å². The molecule has 0 aliphatic rings. The van der Waals surface area contributed by atoms with Crippen molar-refractivity contribution in [3.05, 3.63) is 71.3 Å². The summed E-state index contributed by atoms with van der Waals surface area (Å²) in [5.41, 5.74) is 5.18. The predicted molar refractivity (Wildman–Crippen MR) is 131 cm³/mol. The first-order valence-corrected chi connectivity index (χ1v) is 11.2. The topological polar surface area (TPSA) is 97.8 Å². The molecule has 0 radical (unpaired) electrons. The number of anilines is 1. The first-order chi connectivity index (χ1) is 16.2. The van der Waals surface area contributed by atoms with E-state index in [-0.39, 0.29) is 5.41 Å². The van der Waals surface area contributed by atoms with Crippen molar-refractivity contribution in [3.8, 4) is 11.8 Å². The van der Waals surface area contributed by atoms with Gasteiger partial charge in [-0.3, -0.25) is 0 Å². The SMILES string of the molecule is CCOC(=O)c1cc(C(C)(C)C)n(-c2ccc3c(c2)nc(CNc2ccc(C#N)cc2)n3C)n1. The van der Waals surface area contributed by atoms with E-state index in [1.54, 1.807) is 29.8 Å². The number of aryl methyl sites for hydroxylation is 1. The summed E-state index contributed by atoms with van der Waals surface area (Å²) in [6, 6.07) is 17.2. The molecule has 0 aliphatic carbocycles.